The van der Waals surface area contributed by atoms with E-state index in [1.54, 1.807) is 25.3 Å². The predicted octanol–water partition coefficient (Wildman–Crippen LogP) is 2.49. The zero-order chi connectivity index (χ0) is 13.8. The van der Waals surface area contributed by atoms with Crippen LogP contribution in [0.1, 0.15) is 19.3 Å². The van der Waals surface area contributed by atoms with Crippen LogP contribution in [-0.2, 0) is 0 Å². The highest BCUT2D eigenvalue weighted by molar-refractivity contribution is 9.10. The smallest absolute Gasteiger partial charge is 0.319 e. The molecule has 5 nitrogen and oxygen atoms in total. The number of ether oxygens (including phenoxy) is 1. The fourth-order valence-electron chi connectivity index (χ4n) is 2.16. The average Bonchev–Trinajstić information content (AvgIpc) is 2.78. The van der Waals surface area contributed by atoms with E-state index in [0.29, 0.717) is 11.4 Å². The minimum absolute atomic E-state index is 0.163. The summed E-state index contributed by atoms with van der Waals surface area (Å²) in [5.41, 5.74) is 0.629. The van der Waals surface area contributed by atoms with Gasteiger partial charge in [0.2, 0.25) is 0 Å². The number of hydrogen-bond acceptors (Lipinski definition) is 3. The Morgan fingerprint density at radius 2 is 2.26 bits per heavy atom. The molecule has 0 aromatic heterocycles. The molecule has 1 aromatic carbocycles. The Kier molecular flexibility index (Phi) is 4.66. The van der Waals surface area contributed by atoms with Crippen LogP contribution in [-0.4, -0.2) is 30.4 Å². The zero-order valence-corrected chi connectivity index (χ0v) is 12.2. The third kappa shape index (κ3) is 3.61. The van der Waals surface area contributed by atoms with Gasteiger partial charge < -0.3 is 20.5 Å². The SMILES string of the molecule is COc1ccc(Br)c(NC(=O)N[C@H]2CCC[C@@H]2O)c1. The molecule has 0 unspecified atom stereocenters. The molecule has 0 bridgehead atoms. The molecule has 0 aliphatic heterocycles. The first-order valence-corrected chi connectivity index (χ1v) is 6.98. The highest BCUT2D eigenvalue weighted by Gasteiger charge is 2.26. The van der Waals surface area contributed by atoms with E-state index in [9.17, 15) is 9.90 Å². The van der Waals surface area contributed by atoms with E-state index in [1.165, 1.54) is 0 Å². The molecule has 2 amide bonds. The second kappa shape index (κ2) is 6.25. The largest absolute Gasteiger partial charge is 0.497 e. The highest BCUT2D eigenvalue weighted by Crippen LogP contribution is 2.27. The molecule has 1 aromatic rings. The van der Waals surface area contributed by atoms with Crippen molar-refractivity contribution in [1.29, 1.82) is 0 Å². The van der Waals surface area contributed by atoms with Gasteiger partial charge in [-0.05, 0) is 47.3 Å². The van der Waals surface area contributed by atoms with E-state index in [0.717, 1.165) is 23.7 Å². The Morgan fingerprint density at radius 1 is 1.47 bits per heavy atom. The molecule has 2 atom stereocenters. The van der Waals surface area contributed by atoms with Crippen molar-refractivity contribution in [3.8, 4) is 5.75 Å². The summed E-state index contributed by atoms with van der Waals surface area (Å²) in [6, 6.07) is 4.85. The van der Waals surface area contributed by atoms with Crippen molar-refractivity contribution in [3.05, 3.63) is 22.7 Å². The summed E-state index contributed by atoms with van der Waals surface area (Å²) in [4.78, 5) is 11.9. The van der Waals surface area contributed by atoms with Crippen molar-refractivity contribution in [3.63, 3.8) is 0 Å². The van der Waals surface area contributed by atoms with Crippen LogP contribution in [0.25, 0.3) is 0 Å². The summed E-state index contributed by atoms with van der Waals surface area (Å²) >= 11 is 3.37. The van der Waals surface area contributed by atoms with Gasteiger partial charge in [-0.15, -0.1) is 0 Å². The highest BCUT2D eigenvalue weighted by atomic mass is 79.9. The number of benzene rings is 1. The van der Waals surface area contributed by atoms with Crippen molar-refractivity contribution < 1.29 is 14.6 Å². The molecule has 3 N–H and O–H groups in total. The van der Waals surface area contributed by atoms with Crippen LogP contribution in [0, 0.1) is 0 Å². The molecule has 1 fully saturated rings. The molecule has 104 valence electrons. The van der Waals surface area contributed by atoms with Gasteiger partial charge >= 0.3 is 6.03 Å². The number of carbonyl (C=O) groups excluding carboxylic acids is 1. The lowest BCUT2D eigenvalue weighted by atomic mass is 10.2. The molecule has 1 aliphatic rings. The van der Waals surface area contributed by atoms with Crippen molar-refractivity contribution in [1.82, 2.24) is 5.32 Å². The van der Waals surface area contributed by atoms with E-state index in [2.05, 4.69) is 26.6 Å². The molecular weight excluding hydrogens is 312 g/mol. The number of nitrogens with one attached hydrogen (secondary N) is 2. The van der Waals surface area contributed by atoms with Crippen LogP contribution < -0.4 is 15.4 Å². The molecule has 1 saturated carbocycles. The lowest BCUT2D eigenvalue weighted by molar-refractivity contribution is 0.151. The van der Waals surface area contributed by atoms with Crippen LogP contribution in [0.4, 0.5) is 10.5 Å². The van der Waals surface area contributed by atoms with E-state index in [-0.39, 0.29) is 12.1 Å². The van der Waals surface area contributed by atoms with Crippen molar-refractivity contribution >= 4 is 27.6 Å². The Morgan fingerprint density at radius 3 is 2.89 bits per heavy atom. The third-order valence-corrected chi connectivity index (χ3v) is 3.91. The molecule has 0 spiro atoms. The predicted molar refractivity (Wildman–Crippen MR) is 76.5 cm³/mol. The number of halogens is 1. The Hall–Kier alpha value is -1.27. The summed E-state index contributed by atoms with van der Waals surface area (Å²) in [5, 5.41) is 15.2. The van der Waals surface area contributed by atoms with Gasteiger partial charge in [0, 0.05) is 10.5 Å². The van der Waals surface area contributed by atoms with Gasteiger partial charge in [0.05, 0.1) is 24.9 Å². The third-order valence-electron chi connectivity index (χ3n) is 3.22. The first-order chi connectivity index (χ1) is 9.10. The lowest BCUT2D eigenvalue weighted by Crippen LogP contribution is -2.42. The second-order valence-corrected chi connectivity index (χ2v) is 5.40. The molecule has 2 rings (SSSR count). The zero-order valence-electron chi connectivity index (χ0n) is 10.6. The number of methoxy groups -OCH3 is 1. The van der Waals surface area contributed by atoms with Gasteiger partial charge in [0.25, 0.3) is 0 Å². The van der Waals surface area contributed by atoms with Crippen LogP contribution in [0.3, 0.4) is 0 Å². The fraction of sp³-hybridized carbons (Fsp3) is 0.462. The molecule has 6 heteroatoms. The van der Waals surface area contributed by atoms with Gasteiger partial charge in [-0.1, -0.05) is 0 Å². The van der Waals surface area contributed by atoms with Crippen LogP contribution >= 0.6 is 15.9 Å². The summed E-state index contributed by atoms with van der Waals surface area (Å²) in [5.74, 6) is 0.666. The maximum Gasteiger partial charge on any atom is 0.319 e. The van der Waals surface area contributed by atoms with Gasteiger partial charge in [-0.2, -0.15) is 0 Å². The average molecular weight is 329 g/mol. The first kappa shape index (κ1) is 14.1. The first-order valence-electron chi connectivity index (χ1n) is 6.19. The normalized spacial score (nSPS) is 22.1. The topological polar surface area (TPSA) is 70.6 Å². The van der Waals surface area contributed by atoms with Crippen LogP contribution in [0.5, 0.6) is 5.75 Å². The summed E-state index contributed by atoms with van der Waals surface area (Å²) in [6.45, 7) is 0. The monoisotopic (exact) mass is 328 g/mol. The number of aliphatic hydroxyl groups is 1. The van der Waals surface area contributed by atoms with E-state index in [4.69, 9.17) is 4.74 Å². The van der Waals surface area contributed by atoms with Gasteiger partial charge in [-0.25, -0.2) is 4.79 Å². The van der Waals surface area contributed by atoms with Gasteiger partial charge in [0.1, 0.15) is 5.75 Å². The van der Waals surface area contributed by atoms with Gasteiger partial charge in [0.15, 0.2) is 0 Å². The summed E-state index contributed by atoms with van der Waals surface area (Å²) in [6.07, 6.45) is 2.05. The van der Waals surface area contributed by atoms with Crippen LogP contribution in [0.15, 0.2) is 22.7 Å². The lowest BCUT2D eigenvalue weighted by Gasteiger charge is -2.17. The number of amides is 2. The van der Waals surface area contributed by atoms with Crippen molar-refractivity contribution in [2.75, 3.05) is 12.4 Å². The van der Waals surface area contributed by atoms with Crippen molar-refractivity contribution in [2.24, 2.45) is 0 Å². The van der Waals surface area contributed by atoms with Crippen LogP contribution in [0.2, 0.25) is 0 Å². The minimum Gasteiger partial charge on any atom is -0.497 e. The maximum absolute atomic E-state index is 11.9. The number of aliphatic hydroxyl groups excluding tert-OH is 1. The van der Waals surface area contributed by atoms with E-state index in [1.807, 2.05) is 0 Å². The molecule has 0 radical (unpaired) electrons. The van der Waals surface area contributed by atoms with Crippen molar-refractivity contribution in [2.45, 2.75) is 31.4 Å². The number of rotatable bonds is 3. The standard InChI is InChI=1S/C13H17BrN2O3/c1-19-8-5-6-9(14)11(7-8)16-13(18)15-10-3-2-4-12(10)17/h5-7,10,12,17H,2-4H2,1H3,(H2,15,16,18)/t10-,12-/m0/s1. The number of hydrogen-bond donors (Lipinski definition) is 3. The minimum atomic E-state index is -0.445. The molecule has 1 aliphatic carbocycles. The van der Waals surface area contributed by atoms with Gasteiger partial charge in [-0.3, -0.25) is 0 Å². The fourth-order valence-corrected chi connectivity index (χ4v) is 2.51. The quantitative estimate of drug-likeness (QED) is 0.798. The number of urea groups is 1. The Balaban J connectivity index is 1.98. The molecule has 19 heavy (non-hydrogen) atoms. The summed E-state index contributed by atoms with van der Waals surface area (Å²) < 4.78 is 5.88. The van der Waals surface area contributed by atoms with E-state index >= 15 is 0 Å². The number of carbonyl (C=O) groups is 1. The molecular formula is C13H17BrN2O3. The Labute approximate surface area is 120 Å². The second-order valence-electron chi connectivity index (χ2n) is 4.55. The Bertz CT molecular complexity index is 467. The molecule has 0 heterocycles. The van der Waals surface area contributed by atoms with E-state index < -0.39 is 6.10 Å². The number of anilines is 1. The summed E-state index contributed by atoms with van der Waals surface area (Å²) in [7, 11) is 1.57. The molecule has 0 saturated heterocycles. The maximum atomic E-state index is 11.9.